The second-order valence-corrected chi connectivity index (χ2v) is 8.83. The number of carbonyl (C=O) groups is 4. The van der Waals surface area contributed by atoms with E-state index in [1.807, 2.05) is 0 Å². The standard InChI is InChI=1S/C28H24ClNO8/c1-35-22-5-3-4-18(12-22)28(34)38-21-9-6-17(7-10-21)24(31)16-37-27(33)19-13-26(32)30(15-19)23-14-20(29)8-11-25(23)36-2/h3-12,14,19H,13,15-16H2,1-2H3/t19-/m0/s1. The van der Waals surface area contributed by atoms with Crippen molar-refractivity contribution >= 4 is 40.9 Å². The Morgan fingerprint density at radius 1 is 0.921 bits per heavy atom. The monoisotopic (exact) mass is 537 g/mol. The number of hydrogen-bond acceptors (Lipinski definition) is 8. The molecule has 38 heavy (non-hydrogen) atoms. The maximum atomic E-state index is 12.6. The number of rotatable bonds is 9. The summed E-state index contributed by atoms with van der Waals surface area (Å²) in [6.07, 6.45) is -0.0595. The summed E-state index contributed by atoms with van der Waals surface area (Å²) in [4.78, 5) is 51.5. The van der Waals surface area contributed by atoms with Gasteiger partial charge in [0.05, 0.1) is 31.4 Å². The molecule has 0 spiro atoms. The SMILES string of the molecule is COc1cccc(C(=O)Oc2ccc(C(=O)COC(=O)[C@H]3CC(=O)N(c4cc(Cl)ccc4OC)C3)cc2)c1. The summed E-state index contributed by atoms with van der Waals surface area (Å²) < 4.78 is 20.9. The molecule has 1 heterocycles. The highest BCUT2D eigenvalue weighted by molar-refractivity contribution is 6.31. The number of Topliss-reactive ketones (excluding diaryl/α,β-unsaturated/α-hetero) is 1. The van der Waals surface area contributed by atoms with E-state index in [1.54, 1.807) is 42.5 Å². The van der Waals surface area contributed by atoms with Gasteiger partial charge in [-0.05, 0) is 60.7 Å². The Morgan fingerprint density at radius 3 is 2.39 bits per heavy atom. The molecule has 1 fully saturated rings. The van der Waals surface area contributed by atoms with E-state index in [0.717, 1.165) is 0 Å². The van der Waals surface area contributed by atoms with Crippen LogP contribution in [0.2, 0.25) is 5.02 Å². The largest absolute Gasteiger partial charge is 0.497 e. The van der Waals surface area contributed by atoms with E-state index in [9.17, 15) is 19.2 Å². The predicted octanol–water partition coefficient (Wildman–Crippen LogP) is 4.36. The highest BCUT2D eigenvalue weighted by atomic mass is 35.5. The Balaban J connectivity index is 1.31. The fourth-order valence-electron chi connectivity index (χ4n) is 3.94. The van der Waals surface area contributed by atoms with Gasteiger partial charge in [0.2, 0.25) is 5.91 Å². The number of halogens is 1. The van der Waals surface area contributed by atoms with Gasteiger partial charge in [0.25, 0.3) is 0 Å². The molecule has 9 nitrogen and oxygen atoms in total. The van der Waals surface area contributed by atoms with Gasteiger partial charge in [-0.2, -0.15) is 0 Å². The molecule has 3 aromatic carbocycles. The second-order valence-electron chi connectivity index (χ2n) is 8.40. The minimum atomic E-state index is -0.739. The summed E-state index contributed by atoms with van der Waals surface area (Å²) in [6.45, 7) is -0.414. The van der Waals surface area contributed by atoms with Gasteiger partial charge in [-0.25, -0.2) is 4.79 Å². The van der Waals surface area contributed by atoms with Gasteiger partial charge < -0.3 is 23.8 Å². The zero-order valence-corrected chi connectivity index (χ0v) is 21.4. The van der Waals surface area contributed by atoms with Gasteiger partial charge >= 0.3 is 11.9 Å². The van der Waals surface area contributed by atoms with E-state index in [0.29, 0.717) is 27.8 Å². The molecular formula is C28H24ClNO8. The van der Waals surface area contributed by atoms with Gasteiger partial charge in [-0.1, -0.05) is 17.7 Å². The number of esters is 2. The van der Waals surface area contributed by atoms with E-state index in [4.69, 9.17) is 30.5 Å². The summed E-state index contributed by atoms with van der Waals surface area (Å²) >= 11 is 6.06. The summed E-state index contributed by atoms with van der Waals surface area (Å²) in [5, 5.41) is 0.423. The van der Waals surface area contributed by atoms with E-state index in [2.05, 4.69) is 0 Å². The van der Waals surface area contributed by atoms with Crippen molar-refractivity contribution in [2.24, 2.45) is 5.92 Å². The number of carbonyl (C=O) groups excluding carboxylic acids is 4. The topological polar surface area (TPSA) is 108 Å². The fraction of sp³-hybridized carbons (Fsp3) is 0.214. The Kier molecular flexibility index (Phi) is 8.28. The van der Waals surface area contributed by atoms with Crippen LogP contribution in [0.1, 0.15) is 27.1 Å². The van der Waals surface area contributed by atoms with Crippen LogP contribution < -0.4 is 19.1 Å². The van der Waals surface area contributed by atoms with E-state index >= 15 is 0 Å². The molecule has 1 amide bonds. The van der Waals surface area contributed by atoms with Crippen molar-refractivity contribution < 1.29 is 38.1 Å². The molecule has 1 atom stereocenters. The normalized spacial score (nSPS) is 14.7. The third-order valence-electron chi connectivity index (χ3n) is 5.93. The Hall–Kier alpha value is -4.37. The molecule has 0 unspecified atom stereocenters. The third kappa shape index (κ3) is 6.12. The number of ether oxygens (including phenoxy) is 4. The number of ketones is 1. The van der Waals surface area contributed by atoms with Crippen LogP contribution in [-0.2, 0) is 14.3 Å². The Labute approximate surface area is 223 Å². The van der Waals surface area contributed by atoms with Crippen LogP contribution in [-0.4, -0.2) is 51.0 Å². The van der Waals surface area contributed by atoms with Crippen molar-refractivity contribution in [3.63, 3.8) is 0 Å². The minimum Gasteiger partial charge on any atom is -0.497 e. The lowest BCUT2D eigenvalue weighted by molar-refractivity contribution is -0.147. The second kappa shape index (κ2) is 11.8. The summed E-state index contributed by atoms with van der Waals surface area (Å²) in [6, 6.07) is 17.3. The zero-order valence-electron chi connectivity index (χ0n) is 20.6. The Bertz CT molecular complexity index is 1370. The molecule has 196 valence electrons. The van der Waals surface area contributed by atoms with Crippen LogP contribution in [0, 0.1) is 5.92 Å². The number of hydrogen-bond donors (Lipinski definition) is 0. The number of methoxy groups -OCH3 is 2. The molecule has 1 aliphatic rings. The van der Waals surface area contributed by atoms with Crippen LogP contribution in [0.15, 0.2) is 66.7 Å². The van der Waals surface area contributed by atoms with Crippen molar-refractivity contribution in [1.29, 1.82) is 0 Å². The fourth-order valence-corrected chi connectivity index (χ4v) is 4.10. The van der Waals surface area contributed by atoms with Crippen LogP contribution in [0.25, 0.3) is 0 Å². The number of amides is 1. The summed E-state index contributed by atoms with van der Waals surface area (Å²) in [5.74, 6) is -1.48. The molecule has 10 heteroatoms. The molecular weight excluding hydrogens is 514 g/mol. The first-order valence-electron chi connectivity index (χ1n) is 11.6. The molecule has 0 radical (unpaired) electrons. The molecule has 0 N–H and O–H groups in total. The summed E-state index contributed by atoms with van der Waals surface area (Å²) in [7, 11) is 2.97. The van der Waals surface area contributed by atoms with E-state index in [1.165, 1.54) is 43.4 Å². The van der Waals surface area contributed by atoms with Gasteiger partial charge in [0.1, 0.15) is 17.2 Å². The van der Waals surface area contributed by atoms with Gasteiger partial charge in [0.15, 0.2) is 12.4 Å². The van der Waals surface area contributed by atoms with Crippen LogP contribution in [0.5, 0.6) is 17.2 Å². The minimum absolute atomic E-state index is 0.0595. The van der Waals surface area contributed by atoms with Gasteiger partial charge in [0, 0.05) is 23.6 Å². The maximum Gasteiger partial charge on any atom is 0.343 e. The van der Waals surface area contributed by atoms with E-state index in [-0.39, 0.29) is 30.2 Å². The first-order valence-corrected chi connectivity index (χ1v) is 12.0. The van der Waals surface area contributed by atoms with Crippen molar-refractivity contribution in [3.8, 4) is 17.2 Å². The van der Waals surface area contributed by atoms with Crippen molar-refractivity contribution in [3.05, 3.63) is 82.9 Å². The zero-order chi connectivity index (χ0) is 27.2. The van der Waals surface area contributed by atoms with Gasteiger partial charge in [-0.3, -0.25) is 14.4 Å². The molecule has 3 aromatic rings. The first kappa shape index (κ1) is 26.7. The van der Waals surface area contributed by atoms with Crippen molar-refractivity contribution in [2.45, 2.75) is 6.42 Å². The summed E-state index contributed by atoms with van der Waals surface area (Å²) in [5.41, 5.74) is 1.05. The highest BCUT2D eigenvalue weighted by Crippen LogP contribution is 2.35. The average molecular weight is 538 g/mol. The van der Waals surface area contributed by atoms with Crippen molar-refractivity contribution in [1.82, 2.24) is 0 Å². The molecule has 0 aliphatic carbocycles. The van der Waals surface area contributed by atoms with E-state index < -0.39 is 30.2 Å². The van der Waals surface area contributed by atoms with Crippen LogP contribution in [0.4, 0.5) is 5.69 Å². The average Bonchev–Trinajstić information content (AvgIpc) is 3.33. The molecule has 0 bridgehead atoms. The smallest absolute Gasteiger partial charge is 0.343 e. The lowest BCUT2D eigenvalue weighted by atomic mass is 10.1. The predicted molar refractivity (Wildman–Crippen MR) is 138 cm³/mol. The van der Waals surface area contributed by atoms with Crippen LogP contribution in [0.3, 0.4) is 0 Å². The molecule has 1 aliphatic heterocycles. The molecule has 1 saturated heterocycles. The number of benzene rings is 3. The quantitative estimate of drug-likeness (QED) is 0.225. The van der Waals surface area contributed by atoms with Crippen LogP contribution >= 0.6 is 11.6 Å². The van der Waals surface area contributed by atoms with Crippen molar-refractivity contribution in [2.75, 3.05) is 32.3 Å². The number of anilines is 1. The molecule has 0 aromatic heterocycles. The Morgan fingerprint density at radius 2 is 1.68 bits per heavy atom. The molecule has 4 rings (SSSR count). The lowest BCUT2D eigenvalue weighted by Crippen LogP contribution is -2.27. The third-order valence-corrected chi connectivity index (χ3v) is 6.16. The number of nitrogens with zero attached hydrogens (tertiary/aromatic N) is 1. The maximum absolute atomic E-state index is 12.6. The lowest BCUT2D eigenvalue weighted by Gasteiger charge is -2.19. The molecule has 0 saturated carbocycles. The first-order chi connectivity index (χ1) is 18.3. The van der Waals surface area contributed by atoms with Gasteiger partial charge in [-0.15, -0.1) is 0 Å². The highest BCUT2D eigenvalue weighted by Gasteiger charge is 2.37.